The third-order valence-corrected chi connectivity index (χ3v) is 6.87. The number of hydrogen-bond donors (Lipinski definition) is 1. The van der Waals surface area contributed by atoms with E-state index in [9.17, 15) is 9.36 Å². The fourth-order valence-corrected chi connectivity index (χ4v) is 5.46. The van der Waals surface area contributed by atoms with Gasteiger partial charge in [-0.3, -0.25) is 22.9 Å². The Balaban J connectivity index is 1.42. The average molecular weight is 499 g/mol. The zero-order chi connectivity index (χ0) is 24.5. The number of anilines is 1. The van der Waals surface area contributed by atoms with Gasteiger partial charge in [0.2, 0.25) is 11.8 Å². The summed E-state index contributed by atoms with van der Waals surface area (Å²) >= 11 is 0. The monoisotopic (exact) mass is 499 g/mol. The molecule has 0 bridgehead atoms. The van der Waals surface area contributed by atoms with Crippen LogP contribution in [0.5, 0.6) is 5.88 Å². The maximum atomic E-state index is 13.0. The van der Waals surface area contributed by atoms with Crippen LogP contribution in [0.2, 0.25) is 0 Å². The molecule has 2 saturated heterocycles. The summed E-state index contributed by atoms with van der Waals surface area (Å²) < 4.78 is 48.1. The van der Waals surface area contributed by atoms with Gasteiger partial charge in [-0.2, -0.15) is 9.97 Å². The summed E-state index contributed by atoms with van der Waals surface area (Å²) in [6, 6.07) is 0. The predicted molar refractivity (Wildman–Crippen MR) is 119 cm³/mol. The van der Waals surface area contributed by atoms with Gasteiger partial charge < -0.3 is 19.9 Å². The van der Waals surface area contributed by atoms with Gasteiger partial charge in [0.1, 0.15) is 18.4 Å². The minimum absolute atomic E-state index is 0.0308. The number of carbonyl (C=O) groups excluding carboxylic acids is 1. The molecule has 5 atom stereocenters. The molecule has 2 N–H and O–H groups in total. The van der Waals surface area contributed by atoms with Crippen molar-refractivity contribution in [1.82, 2.24) is 19.5 Å². The molecule has 188 valence electrons. The van der Waals surface area contributed by atoms with Crippen LogP contribution in [0.15, 0.2) is 6.33 Å². The smallest absolute Gasteiger partial charge is 0.475 e. The van der Waals surface area contributed by atoms with Crippen molar-refractivity contribution in [2.24, 2.45) is 5.92 Å². The third kappa shape index (κ3) is 5.18. The Bertz CT molecular complexity index is 1080. The largest absolute Gasteiger partial charge is 0.476 e. The van der Waals surface area contributed by atoms with E-state index < -0.39 is 26.3 Å². The molecule has 2 aliphatic heterocycles. The first kappa shape index (κ1) is 24.8. The molecule has 14 heteroatoms. The summed E-state index contributed by atoms with van der Waals surface area (Å²) in [5, 5.41) is 0. The van der Waals surface area contributed by atoms with Crippen molar-refractivity contribution in [3.8, 4) is 5.88 Å². The van der Waals surface area contributed by atoms with Crippen molar-refractivity contribution in [2.75, 3.05) is 25.6 Å². The molecule has 0 aromatic carbocycles. The van der Waals surface area contributed by atoms with E-state index in [2.05, 4.69) is 15.0 Å². The van der Waals surface area contributed by atoms with Crippen LogP contribution in [-0.2, 0) is 32.4 Å². The Morgan fingerprint density at radius 2 is 2.18 bits per heavy atom. The fraction of sp³-hybridized carbons (Fsp3) is 0.700. The number of nitrogen functional groups attached to an aromatic ring is 1. The summed E-state index contributed by atoms with van der Waals surface area (Å²) in [5.41, 5.74) is 6.78. The minimum atomic E-state index is -3.81. The molecular weight excluding hydrogens is 469 g/mol. The lowest BCUT2D eigenvalue weighted by molar-refractivity contribution is -0.147. The maximum Gasteiger partial charge on any atom is 0.475 e. The van der Waals surface area contributed by atoms with Crippen molar-refractivity contribution in [3.05, 3.63) is 6.33 Å². The van der Waals surface area contributed by atoms with E-state index in [1.54, 1.807) is 24.7 Å². The zero-order valence-electron chi connectivity index (χ0n) is 19.6. The van der Waals surface area contributed by atoms with Crippen molar-refractivity contribution < 1.29 is 37.1 Å². The number of fused-ring (bicyclic) bond motifs is 2. The van der Waals surface area contributed by atoms with Crippen LogP contribution in [0.1, 0.15) is 46.8 Å². The highest BCUT2D eigenvalue weighted by Crippen LogP contribution is 2.58. The molecule has 2 aliphatic rings. The molecule has 2 aromatic rings. The lowest BCUT2D eigenvalue weighted by Gasteiger charge is -2.31. The summed E-state index contributed by atoms with van der Waals surface area (Å²) in [5.74, 6) is -0.235. The molecule has 34 heavy (non-hydrogen) atoms. The summed E-state index contributed by atoms with van der Waals surface area (Å²) in [6.07, 6.45) is 0.334. The van der Waals surface area contributed by atoms with Gasteiger partial charge in [-0.1, -0.05) is 6.92 Å². The van der Waals surface area contributed by atoms with Crippen LogP contribution < -0.4 is 10.5 Å². The molecule has 4 rings (SSSR count). The summed E-state index contributed by atoms with van der Waals surface area (Å²) in [7, 11) is -3.81. The molecule has 0 unspecified atom stereocenters. The maximum absolute atomic E-state index is 13.0. The molecule has 13 nitrogen and oxygen atoms in total. The van der Waals surface area contributed by atoms with Gasteiger partial charge >= 0.3 is 13.8 Å². The average Bonchev–Trinajstić information content (AvgIpc) is 3.32. The first-order valence-corrected chi connectivity index (χ1v) is 12.7. The Kier molecular flexibility index (Phi) is 7.39. The molecule has 0 spiro atoms. The highest BCUT2D eigenvalue weighted by Gasteiger charge is 2.52. The normalized spacial score (nSPS) is 28.9. The van der Waals surface area contributed by atoms with Crippen LogP contribution in [0, 0.1) is 5.92 Å². The molecule has 0 amide bonds. The number of nitrogens with two attached hydrogens (primary N) is 1. The molecule has 0 saturated carbocycles. The predicted octanol–water partition coefficient (Wildman–Crippen LogP) is 2.61. The van der Waals surface area contributed by atoms with Crippen molar-refractivity contribution in [2.45, 2.75) is 65.1 Å². The van der Waals surface area contributed by atoms with Gasteiger partial charge in [-0.25, -0.2) is 9.55 Å². The number of carbonyl (C=O) groups is 1. The number of nitrogens with zero attached hydrogens (tertiary/aromatic N) is 4. The number of esters is 1. The standard InChI is InChI=1S/C20H30N5O8P/c1-5-28-18-15-17(23-20(21)24-18)25(10-22-15)19-12(4)16-13(32-19)9-30-34(27,33-16)29-8-6-7-14(26)31-11(2)3/h10-13,16,19H,5-9H2,1-4H3,(H2,21,23,24)/t12-,13+,16-,19+,34-/m0/s1. The van der Waals surface area contributed by atoms with Gasteiger partial charge in [0, 0.05) is 12.3 Å². The highest BCUT2D eigenvalue weighted by molar-refractivity contribution is 7.48. The molecule has 2 aromatic heterocycles. The quantitative estimate of drug-likeness (QED) is 0.306. The Labute approximate surface area is 196 Å². The van der Waals surface area contributed by atoms with E-state index in [1.807, 2.05) is 13.8 Å². The first-order valence-electron chi connectivity index (χ1n) is 11.3. The van der Waals surface area contributed by atoms with Crippen LogP contribution in [-0.4, -0.2) is 63.6 Å². The van der Waals surface area contributed by atoms with E-state index in [1.165, 1.54) is 0 Å². The lowest BCUT2D eigenvalue weighted by Crippen LogP contribution is -2.36. The third-order valence-electron chi connectivity index (χ3n) is 5.40. The van der Waals surface area contributed by atoms with Crippen LogP contribution in [0.25, 0.3) is 11.2 Å². The van der Waals surface area contributed by atoms with Gasteiger partial charge in [-0.05, 0) is 27.2 Å². The summed E-state index contributed by atoms with van der Waals surface area (Å²) in [4.78, 5) is 24.4. The first-order chi connectivity index (χ1) is 16.2. The van der Waals surface area contributed by atoms with E-state index in [-0.39, 0.29) is 43.6 Å². The fourth-order valence-electron chi connectivity index (χ4n) is 3.96. The number of ether oxygens (including phenoxy) is 3. The van der Waals surface area contributed by atoms with E-state index in [0.717, 1.165) is 0 Å². The Hall–Kier alpha value is -2.31. The number of rotatable bonds is 9. The molecule has 2 fully saturated rings. The van der Waals surface area contributed by atoms with Gasteiger partial charge in [0.05, 0.1) is 32.3 Å². The van der Waals surface area contributed by atoms with Gasteiger partial charge in [0.15, 0.2) is 11.2 Å². The highest BCUT2D eigenvalue weighted by atomic mass is 31.2. The lowest BCUT2D eigenvalue weighted by atomic mass is 10.0. The van der Waals surface area contributed by atoms with E-state index >= 15 is 0 Å². The number of phosphoric ester groups is 1. The van der Waals surface area contributed by atoms with Gasteiger partial charge in [0.25, 0.3) is 0 Å². The van der Waals surface area contributed by atoms with Gasteiger partial charge in [-0.15, -0.1) is 0 Å². The van der Waals surface area contributed by atoms with Crippen molar-refractivity contribution in [3.63, 3.8) is 0 Å². The molecule has 4 heterocycles. The van der Waals surface area contributed by atoms with Crippen LogP contribution in [0.4, 0.5) is 5.95 Å². The number of aromatic nitrogens is 4. The second-order valence-corrected chi connectivity index (χ2v) is 9.98. The number of hydrogen-bond acceptors (Lipinski definition) is 12. The molecule has 0 aliphatic carbocycles. The van der Waals surface area contributed by atoms with Crippen LogP contribution >= 0.6 is 7.82 Å². The summed E-state index contributed by atoms with van der Waals surface area (Å²) in [6.45, 7) is 7.76. The number of phosphoric acid groups is 1. The molecule has 0 radical (unpaired) electrons. The zero-order valence-corrected chi connectivity index (χ0v) is 20.5. The number of imidazole rings is 1. The van der Waals surface area contributed by atoms with E-state index in [0.29, 0.717) is 30.1 Å². The second kappa shape index (κ2) is 10.1. The Morgan fingerprint density at radius 3 is 2.91 bits per heavy atom. The topological polar surface area (TPSA) is 159 Å². The second-order valence-electron chi connectivity index (χ2n) is 8.36. The van der Waals surface area contributed by atoms with Crippen molar-refractivity contribution >= 4 is 30.9 Å². The van der Waals surface area contributed by atoms with E-state index in [4.69, 9.17) is 33.5 Å². The molecular formula is C20H30N5O8P. The van der Waals surface area contributed by atoms with Crippen molar-refractivity contribution in [1.29, 1.82) is 0 Å². The SMILES string of the molecule is CCOc1nc(N)nc2c1ncn2[C@@H]1O[C@@H]2CO[P@](=O)(OCCCC(=O)OC(C)C)O[C@H]2[C@@H]1C. The Morgan fingerprint density at radius 1 is 1.38 bits per heavy atom. The van der Waals surface area contributed by atoms with Crippen LogP contribution in [0.3, 0.4) is 0 Å². The minimum Gasteiger partial charge on any atom is -0.476 e.